The zero-order chi connectivity index (χ0) is 15.7. The third kappa shape index (κ3) is 6.69. The van der Waals surface area contributed by atoms with E-state index in [0.717, 1.165) is 0 Å². The van der Waals surface area contributed by atoms with Gasteiger partial charge in [-0.15, -0.1) is 0 Å². The average Bonchev–Trinajstić information content (AvgIpc) is 2.25. The molecule has 0 saturated carbocycles. The van der Waals surface area contributed by atoms with Crippen LogP contribution >= 0.6 is 0 Å². The van der Waals surface area contributed by atoms with E-state index in [2.05, 4.69) is 8.92 Å². The number of hydrogen-bond donors (Lipinski definition) is 5. The SMILES string of the molecule is O=S(=O)(O)N[C@@H]1[C@@H](OS(=O)(=O)[O-])[C@H](O)[C@@H](CO)O[C@@H]1O.[Na+]. The first-order valence-corrected chi connectivity index (χ1v) is 7.73. The first kappa shape index (κ1) is 21.6. The molecule has 5 N–H and O–H groups in total. The molecular weight excluding hydrogens is 349 g/mol. The topological polar surface area (TPSA) is 203 Å². The van der Waals surface area contributed by atoms with Crippen molar-refractivity contribution in [2.45, 2.75) is 30.6 Å². The average molecular weight is 361 g/mol. The molecule has 5 atom stereocenters. The monoisotopic (exact) mass is 361 g/mol. The van der Waals surface area contributed by atoms with Crippen molar-refractivity contribution in [2.75, 3.05) is 6.61 Å². The number of rotatable bonds is 5. The molecule has 1 rings (SSSR count). The second-order valence-electron chi connectivity index (χ2n) is 3.83. The fourth-order valence-electron chi connectivity index (χ4n) is 1.63. The molecule has 0 spiro atoms. The van der Waals surface area contributed by atoms with Gasteiger partial charge in [0, 0.05) is 0 Å². The van der Waals surface area contributed by atoms with Crippen LogP contribution in [0, 0.1) is 0 Å². The molecule has 1 fully saturated rings. The predicted octanol–water partition coefficient (Wildman–Crippen LogP) is -7.33. The van der Waals surface area contributed by atoms with Crippen LogP contribution in [0.1, 0.15) is 0 Å². The van der Waals surface area contributed by atoms with Crippen molar-refractivity contribution in [3.8, 4) is 0 Å². The van der Waals surface area contributed by atoms with Gasteiger partial charge in [0.25, 0.3) is 0 Å². The largest absolute Gasteiger partial charge is 1.00 e. The van der Waals surface area contributed by atoms with Gasteiger partial charge in [0.2, 0.25) is 10.4 Å². The Hall–Kier alpha value is 0.580. The summed E-state index contributed by atoms with van der Waals surface area (Å²) in [5.41, 5.74) is 0. The third-order valence-electron chi connectivity index (χ3n) is 2.39. The van der Waals surface area contributed by atoms with Crippen LogP contribution in [0.3, 0.4) is 0 Å². The minimum Gasteiger partial charge on any atom is -0.726 e. The Bertz CT molecular complexity index is 535. The summed E-state index contributed by atoms with van der Waals surface area (Å²) in [5.74, 6) is 0. The fraction of sp³-hybridized carbons (Fsp3) is 1.00. The molecule has 1 saturated heterocycles. The molecule has 0 aromatic rings. The summed E-state index contributed by atoms with van der Waals surface area (Å²) in [6.45, 7) is -0.879. The summed E-state index contributed by atoms with van der Waals surface area (Å²) in [6.07, 6.45) is -7.70. The zero-order valence-corrected chi connectivity index (χ0v) is 14.2. The zero-order valence-electron chi connectivity index (χ0n) is 10.6. The predicted molar refractivity (Wildman–Crippen MR) is 57.0 cm³/mol. The smallest absolute Gasteiger partial charge is 0.726 e. The van der Waals surface area contributed by atoms with Crippen LogP contribution in [0.15, 0.2) is 0 Å². The van der Waals surface area contributed by atoms with Gasteiger partial charge in [-0.05, 0) is 0 Å². The van der Waals surface area contributed by atoms with Crippen LogP contribution in [0.2, 0.25) is 0 Å². The summed E-state index contributed by atoms with van der Waals surface area (Å²) >= 11 is 0. The molecule has 1 aliphatic heterocycles. The first-order valence-electron chi connectivity index (χ1n) is 4.96. The van der Waals surface area contributed by atoms with E-state index in [1.165, 1.54) is 4.72 Å². The van der Waals surface area contributed by atoms with Gasteiger partial charge in [-0.25, -0.2) is 8.42 Å². The first-order chi connectivity index (χ1) is 8.94. The molecule has 0 aliphatic carbocycles. The molecule has 1 aliphatic rings. The van der Waals surface area contributed by atoms with Gasteiger partial charge in [0.05, 0.1) is 6.61 Å². The molecule has 12 nitrogen and oxygen atoms in total. The molecule has 0 radical (unpaired) electrons. The quantitative estimate of drug-likeness (QED) is 0.177. The molecule has 0 aromatic carbocycles. The van der Waals surface area contributed by atoms with E-state index < -0.39 is 58.0 Å². The minimum atomic E-state index is -5.37. The fourth-order valence-corrected chi connectivity index (χ4v) is 2.73. The summed E-state index contributed by atoms with van der Waals surface area (Å²) in [4.78, 5) is 0. The van der Waals surface area contributed by atoms with E-state index in [-0.39, 0.29) is 29.6 Å². The Kier molecular flexibility index (Phi) is 8.13. The van der Waals surface area contributed by atoms with Crippen LogP contribution in [-0.2, 0) is 29.6 Å². The third-order valence-corrected chi connectivity index (χ3v) is 3.41. The maximum atomic E-state index is 10.7. The normalized spacial score (nSPS) is 34.2. The van der Waals surface area contributed by atoms with E-state index >= 15 is 0 Å². The molecule has 1 heterocycles. The van der Waals surface area contributed by atoms with E-state index in [1.54, 1.807) is 0 Å². The van der Waals surface area contributed by atoms with Crippen LogP contribution < -0.4 is 34.3 Å². The van der Waals surface area contributed by atoms with Gasteiger partial charge in [-0.2, -0.15) is 13.1 Å². The summed E-state index contributed by atoms with van der Waals surface area (Å²) in [6, 6.07) is -1.99. The second-order valence-corrected chi connectivity index (χ2v) is 6.02. The van der Waals surface area contributed by atoms with Gasteiger partial charge in [-0.1, -0.05) is 0 Å². The number of ether oxygens (including phenoxy) is 1. The Labute approximate surface area is 142 Å². The van der Waals surface area contributed by atoms with Crippen LogP contribution in [0.5, 0.6) is 0 Å². The Morgan fingerprint density at radius 1 is 1.24 bits per heavy atom. The van der Waals surface area contributed by atoms with Gasteiger partial charge in [0.15, 0.2) is 6.29 Å². The molecular formula is C6H12NNaO11S2. The minimum absolute atomic E-state index is 0. The summed E-state index contributed by atoms with van der Waals surface area (Å²) < 4.78 is 71.4. The van der Waals surface area contributed by atoms with Crippen molar-refractivity contribution in [1.82, 2.24) is 4.72 Å². The number of nitrogens with one attached hydrogen (secondary N) is 1. The van der Waals surface area contributed by atoms with Crippen molar-refractivity contribution in [1.29, 1.82) is 0 Å². The van der Waals surface area contributed by atoms with Crippen molar-refractivity contribution in [3.63, 3.8) is 0 Å². The molecule has 0 bridgehead atoms. The van der Waals surface area contributed by atoms with Crippen LogP contribution in [0.4, 0.5) is 0 Å². The Morgan fingerprint density at radius 3 is 2.14 bits per heavy atom. The van der Waals surface area contributed by atoms with Gasteiger partial charge in [-0.3, -0.25) is 8.74 Å². The standard InChI is InChI=1S/C6H13NO11S2.Na/c8-1-2-4(9)5(18-20(14,15)16)3(6(10)17-2)7-19(11,12)13;/h2-10H,1H2,(H,11,12,13)(H,14,15,16);/q;+1/p-1/t2-,3-,4-,5-,6+;/m1./s1. The number of aliphatic hydroxyl groups is 3. The maximum absolute atomic E-state index is 10.7. The Balaban J connectivity index is 0.00000400. The molecule has 21 heavy (non-hydrogen) atoms. The second kappa shape index (κ2) is 7.91. The van der Waals surface area contributed by atoms with Crippen molar-refractivity contribution in [2.24, 2.45) is 0 Å². The van der Waals surface area contributed by atoms with Gasteiger partial charge in [0.1, 0.15) is 24.4 Å². The molecule has 120 valence electrons. The molecule has 15 heteroatoms. The summed E-state index contributed by atoms with van der Waals surface area (Å²) in [7, 11) is -10.3. The summed E-state index contributed by atoms with van der Waals surface area (Å²) in [5, 5.41) is 27.9. The Morgan fingerprint density at radius 2 is 1.76 bits per heavy atom. The molecule has 0 unspecified atom stereocenters. The number of aliphatic hydroxyl groups excluding tert-OH is 3. The van der Waals surface area contributed by atoms with Crippen molar-refractivity contribution in [3.05, 3.63) is 0 Å². The van der Waals surface area contributed by atoms with Gasteiger partial charge < -0.3 is 24.6 Å². The van der Waals surface area contributed by atoms with E-state index in [9.17, 15) is 31.6 Å². The van der Waals surface area contributed by atoms with Gasteiger partial charge >= 0.3 is 39.9 Å². The van der Waals surface area contributed by atoms with Crippen LogP contribution in [-0.4, -0.2) is 78.5 Å². The maximum Gasteiger partial charge on any atom is 1.00 e. The number of hydrogen-bond acceptors (Lipinski definition) is 10. The molecule has 0 amide bonds. The van der Waals surface area contributed by atoms with Crippen molar-refractivity contribution < 1.29 is 79.7 Å². The van der Waals surface area contributed by atoms with Crippen molar-refractivity contribution >= 4 is 20.7 Å². The molecule has 0 aromatic heterocycles. The van der Waals surface area contributed by atoms with E-state index in [1.807, 2.05) is 0 Å². The van der Waals surface area contributed by atoms with Crippen LogP contribution in [0.25, 0.3) is 0 Å². The van der Waals surface area contributed by atoms with E-state index in [0.29, 0.717) is 0 Å². The van der Waals surface area contributed by atoms with E-state index in [4.69, 9.17) is 9.66 Å².